The fourth-order valence-corrected chi connectivity index (χ4v) is 5.76. The van der Waals surface area contributed by atoms with E-state index in [1.165, 1.54) is 29.3 Å². The molecule has 2 aliphatic heterocycles. The van der Waals surface area contributed by atoms with Crippen molar-refractivity contribution >= 4 is 26.8 Å². The zero-order valence-electron chi connectivity index (χ0n) is 18.4. The van der Waals surface area contributed by atoms with Crippen LogP contribution in [0.5, 0.6) is 0 Å². The second-order valence-electron chi connectivity index (χ2n) is 8.16. The van der Waals surface area contributed by atoms with Gasteiger partial charge in [0.1, 0.15) is 5.56 Å². The largest absolute Gasteiger partial charge is 0.379 e. The lowest BCUT2D eigenvalue weighted by Gasteiger charge is -2.26. The summed E-state index contributed by atoms with van der Waals surface area (Å²) in [6, 6.07) is 4.56. The molecule has 2 fully saturated rings. The Hall–Kier alpha value is -2.27. The van der Waals surface area contributed by atoms with Crippen LogP contribution in [0.3, 0.4) is 0 Å². The van der Waals surface area contributed by atoms with Crippen LogP contribution in [0.1, 0.15) is 30.1 Å². The molecule has 1 amide bonds. The van der Waals surface area contributed by atoms with Crippen molar-refractivity contribution in [3.05, 3.63) is 40.2 Å². The normalized spacial score (nSPS) is 18.3. The molecule has 1 aromatic carbocycles. The first-order valence-electron chi connectivity index (χ1n) is 11.2. The van der Waals surface area contributed by atoms with Gasteiger partial charge in [-0.3, -0.25) is 9.59 Å². The van der Waals surface area contributed by atoms with Gasteiger partial charge in [-0.2, -0.15) is 4.31 Å². The van der Waals surface area contributed by atoms with Crippen molar-refractivity contribution in [2.45, 2.75) is 31.2 Å². The van der Waals surface area contributed by atoms with E-state index < -0.39 is 21.4 Å². The molecule has 174 valence electrons. The fourth-order valence-electron chi connectivity index (χ4n) is 4.33. The first-order valence-corrected chi connectivity index (χ1v) is 12.6. The lowest BCUT2D eigenvalue weighted by molar-refractivity contribution is 0.0730. The molecule has 9 nitrogen and oxygen atoms in total. The molecule has 1 N–H and O–H groups in total. The van der Waals surface area contributed by atoms with Crippen molar-refractivity contribution in [2.24, 2.45) is 0 Å². The molecule has 0 unspecified atom stereocenters. The Morgan fingerprint density at radius 3 is 2.53 bits per heavy atom. The Labute approximate surface area is 188 Å². The number of aromatic nitrogens is 1. The summed E-state index contributed by atoms with van der Waals surface area (Å²) in [4.78, 5) is 28.3. The number of hydrogen-bond donors (Lipinski definition) is 1. The number of benzene rings is 1. The molecule has 0 radical (unpaired) electrons. The third kappa shape index (κ3) is 4.59. The monoisotopic (exact) mass is 462 g/mol. The molecule has 10 heteroatoms. The topological polar surface area (TPSA) is 101 Å². The number of morpholine rings is 1. The molecular formula is C22H30N4O5S. The highest BCUT2D eigenvalue weighted by atomic mass is 32.2. The Bertz CT molecular complexity index is 1150. The summed E-state index contributed by atoms with van der Waals surface area (Å²) in [6.07, 6.45) is 3.91. The molecule has 0 spiro atoms. The van der Waals surface area contributed by atoms with Gasteiger partial charge in [-0.25, -0.2) is 8.42 Å². The molecule has 0 bridgehead atoms. The van der Waals surface area contributed by atoms with Crippen LogP contribution in [-0.4, -0.2) is 80.6 Å². The lowest BCUT2D eigenvalue weighted by atomic mass is 10.1. The summed E-state index contributed by atoms with van der Waals surface area (Å²) in [7, 11) is -3.75. The molecule has 2 aromatic rings. The standard InChI is InChI=1S/C22H30N4O5S/c1-2-25-16-19(22(28)23-7-10-24-8-3-4-9-24)21(27)18-15-17(5-6-20(18)25)32(29,30)26-11-13-31-14-12-26/h5-6,15-16H,2-4,7-14H2,1H3,(H,23,28). The number of amides is 1. The summed E-state index contributed by atoms with van der Waals surface area (Å²) < 4.78 is 34.5. The van der Waals surface area contributed by atoms with Crippen LogP contribution < -0.4 is 10.7 Å². The first-order chi connectivity index (χ1) is 15.4. The maximum Gasteiger partial charge on any atom is 0.256 e. The Balaban J connectivity index is 1.64. The van der Waals surface area contributed by atoms with Gasteiger partial charge in [-0.05, 0) is 51.1 Å². The summed E-state index contributed by atoms with van der Waals surface area (Å²) >= 11 is 0. The minimum atomic E-state index is -3.75. The molecule has 32 heavy (non-hydrogen) atoms. The highest BCUT2D eigenvalue weighted by Gasteiger charge is 2.27. The van der Waals surface area contributed by atoms with E-state index in [0.717, 1.165) is 19.6 Å². The van der Waals surface area contributed by atoms with Gasteiger partial charge in [0.05, 0.1) is 23.6 Å². The highest BCUT2D eigenvalue weighted by molar-refractivity contribution is 7.89. The van der Waals surface area contributed by atoms with Gasteiger partial charge in [-0.1, -0.05) is 0 Å². The van der Waals surface area contributed by atoms with Crippen LogP contribution in [0.25, 0.3) is 10.9 Å². The maximum atomic E-state index is 13.2. The van der Waals surface area contributed by atoms with Gasteiger partial charge in [0.25, 0.3) is 5.91 Å². The number of rotatable bonds is 7. The van der Waals surface area contributed by atoms with Crippen LogP contribution in [0.4, 0.5) is 0 Å². The Kier molecular flexibility index (Phi) is 6.94. The van der Waals surface area contributed by atoms with E-state index in [1.54, 1.807) is 16.8 Å². The predicted molar refractivity (Wildman–Crippen MR) is 121 cm³/mol. The molecule has 2 saturated heterocycles. The van der Waals surface area contributed by atoms with E-state index >= 15 is 0 Å². The van der Waals surface area contributed by atoms with Crippen LogP contribution >= 0.6 is 0 Å². The summed E-state index contributed by atoms with van der Waals surface area (Å²) in [6.45, 7) is 6.99. The third-order valence-corrected chi connectivity index (χ3v) is 8.05. The number of aryl methyl sites for hydroxylation is 1. The quantitative estimate of drug-likeness (QED) is 0.655. The van der Waals surface area contributed by atoms with Gasteiger partial charge in [-0.15, -0.1) is 0 Å². The van der Waals surface area contributed by atoms with Crippen molar-refractivity contribution in [1.82, 2.24) is 19.1 Å². The number of likely N-dealkylation sites (tertiary alicyclic amines) is 1. The van der Waals surface area contributed by atoms with Crippen molar-refractivity contribution in [3.63, 3.8) is 0 Å². The van der Waals surface area contributed by atoms with E-state index in [1.807, 2.05) is 6.92 Å². The maximum absolute atomic E-state index is 13.2. The minimum Gasteiger partial charge on any atom is -0.379 e. The number of pyridine rings is 1. The summed E-state index contributed by atoms with van der Waals surface area (Å²) in [5.41, 5.74) is 0.177. The lowest BCUT2D eigenvalue weighted by Crippen LogP contribution is -2.40. The second kappa shape index (κ2) is 9.70. The second-order valence-corrected chi connectivity index (χ2v) is 10.1. The molecule has 0 aliphatic carbocycles. The first kappa shape index (κ1) is 22.9. The molecular weight excluding hydrogens is 432 g/mol. The SMILES string of the molecule is CCn1cc(C(=O)NCCN2CCCC2)c(=O)c2cc(S(=O)(=O)N3CCOCC3)ccc21. The van der Waals surface area contributed by atoms with Gasteiger partial charge in [0.15, 0.2) is 0 Å². The molecule has 3 heterocycles. The number of nitrogens with zero attached hydrogens (tertiary/aromatic N) is 3. The number of carbonyl (C=O) groups excluding carboxylic acids is 1. The number of sulfonamides is 1. The number of carbonyl (C=O) groups is 1. The zero-order chi connectivity index (χ0) is 22.7. The average molecular weight is 463 g/mol. The van der Waals surface area contributed by atoms with Crippen LogP contribution in [0, 0.1) is 0 Å². The van der Waals surface area contributed by atoms with Crippen LogP contribution in [0.2, 0.25) is 0 Å². The zero-order valence-corrected chi connectivity index (χ0v) is 19.2. The van der Waals surface area contributed by atoms with Gasteiger partial charge < -0.3 is 19.5 Å². The summed E-state index contributed by atoms with van der Waals surface area (Å²) in [5, 5.41) is 3.07. The smallest absolute Gasteiger partial charge is 0.256 e. The van der Waals surface area contributed by atoms with Crippen molar-refractivity contribution < 1.29 is 17.9 Å². The molecule has 1 aromatic heterocycles. The van der Waals surface area contributed by atoms with E-state index in [-0.39, 0.29) is 28.9 Å². The molecule has 4 rings (SSSR count). The number of hydrogen-bond acceptors (Lipinski definition) is 6. The number of nitrogens with one attached hydrogen (secondary N) is 1. The van der Waals surface area contributed by atoms with Crippen LogP contribution in [-0.2, 0) is 21.3 Å². The van der Waals surface area contributed by atoms with Crippen molar-refractivity contribution in [2.75, 3.05) is 52.5 Å². The minimum absolute atomic E-state index is 0.0293. The predicted octanol–water partition coefficient (Wildman–Crippen LogP) is 0.868. The van der Waals surface area contributed by atoms with Gasteiger partial charge >= 0.3 is 0 Å². The van der Waals surface area contributed by atoms with E-state index in [0.29, 0.717) is 31.8 Å². The van der Waals surface area contributed by atoms with Gasteiger partial charge in [0, 0.05) is 44.3 Å². The van der Waals surface area contributed by atoms with Crippen LogP contribution in [0.15, 0.2) is 34.1 Å². The number of ether oxygens (including phenoxy) is 1. The van der Waals surface area contributed by atoms with Crippen molar-refractivity contribution in [1.29, 1.82) is 0 Å². The van der Waals surface area contributed by atoms with Gasteiger partial charge in [0.2, 0.25) is 15.5 Å². The fraction of sp³-hybridized carbons (Fsp3) is 0.545. The Morgan fingerprint density at radius 1 is 1.12 bits per heavy atom. The van der Waals surface area contributed by atoms with E-state index in [4.69, 9.17) is 4.74 Å². The number of fused-ring (bicyclic) bond motifs is 1. The summed E-state index contributed by atoms with van der Waals surface area (Å²) in [5.74, 6) is -0.431. The molecule has 0 atom stereocenters. The average Bonchev–Trinajstić information content (AvgIpc) is 3.33. The highest BCUT2D eigenvalue weighted by Crippen LogP contribution is 2.22. The van der Waals surface area contributed by atoms with E-state index in [2.05, 4.69) is 10.2 Å². The van der Waals surface area contributed by atoms with E-state index in [9.17, 15) is 18.0 Å². The third-order valence-electron chi connectivity index (χ3n) is 6.16. The van der Waals surface area contributed by atoms with Crippen molar-refractivity contribution in [3.8, 4) is 0 Å². The molecule has 0 saturated carbocycles. The Morgan fingerprint density at radius 2 is 1.84 bits per heavy atom. The molecule has 2 aliphatic rings.